The van der Waals surface area contributed by atoms with Gasteiger partial charge in [0.2, 0.25) is 0 Å². The van der Waals surface area contributed by atoms with Gasteiger partial charge in [-0.25, -0.2) is 0 Å². The Kier molecular flexibility index (Phi) is 3.35. The molecule has 0 aromatic heterocycles. The molecule has 8 rings (SSSR count). The molecule has 0 saturated carbocycles. The smallest absolute Gasteiger partial charge is 0.109 e. The molecule has 2 aliphatic carbocycles. The number of benzene rings is 4. The highest BCUT2D eigenvalue weighted by molar-refractivity contribution is 5.93. The molecule has 6 atom stereocenters. The molecular weight excluding hydrogens is 400 g/mol. The zero-order valence-corrected chi connectivity index (χ0v) is 18.3. The van der Waals surface area contributed by atoms with Crippen molar-refractivity contribution in [3.05, 3.63) is 144 Å². The Morgan fingerprint density at radius 3 is 1.48 bits per heavy atom. The summed E-state index contributed by atoms with van der Waals surface area (Å²) >= 11 is 0. The van der Waals surface area contributed by atoms with Crippen LogP contribution in [0.1, 0.15) is 34.1 Å². The first-order chi connectivity index (χ1) is 16.4. The molecule has 0 amide bonds. The van der Waals surface area contributed by atoms with Gasteiger partial charge in [-0.15, -0.1) is 0 Å². The largest absolute Gasteiger partial charge is 0.357 e. The number of allylic oxidation sites excluding steroid dienone is 2. The van der Waals surface area contributed by atoms with Crippen LogP contribution in [0.2, 0.25) is 0 Å². The lowest BCUT2D eigenvalue weighted by Crippen LogP contribution is -2.45. The maximum Gasteiger partial charge on any atom is 0.109 e. The highest BCUT2D eigenvalue weighted by Gasteiger charge is 2.77. The fourth-order valence-corrected chi connectivity index (χ4v) is 7.88. The molecule has 2 bridgehead atoms. The lowest BCUT2D eigenvalue weighted by atomic mass is 9.53. The zero-order chi connectivity index (χ0) is 21.6. The second kappa shape index (κ2) is 6.12. The second-order valence-electron chi connectivity index (χ2n) is 9.99. The predicted octanol–water partition coefficient (Wildman–Crippen LogP) is 7.21. The van der Waals surface area contributed by atoms with Crippen LogP contribution in [0.4, 0.5) is 0 Å². The third kappa shape index (κ3) is 1.96. The fourth-order valence-electron chi connectivity index (χ4n) is 7.88. The van der Waals surface area contributed by atoms with Crippen LogP contribution < -0.4 is 0 Å². The number of fused-ring (bicyclic) bond motifs is 10. The van der Waals surface area contributed by atoms with E-state index >= 15 is 0 Å². The van der Waals surface area contributed by atoms with E-state index in [2.05, 4.69) is 121 Å². The van der Waals surface area contributed by atoms with Crippen LogP contribution in [0, 0.1) is 11.8 Å². The van der Waals surface area contributed by atoms with E-state index < -0.39 is 11.2 Å². The Morgan fingerprint density at radius 2 is 1.00 bits per heavy atom. The highest BCUT2D eigenvalue weighted by Crippen LogP contribution is 2.79. The molecule has 0 radical (unpaired) electrons. The van der Waals surface area contributed by atoms with E-state index in [9.17, 15) is 0 Å². The topological polar surface area (TPSA) is 9.23 Å². The monoisotopic (exact) mass is 424 g/mol. The van der Waals surface area contributed by atoms with Gasteiger partial charge in [0.05, 0.1) is 0 Å². The summed E-state index contributed by atoms with van der Waals surface area (Å²) in [6, 6.07) is 35.8. The quantitative estimate of drug-likeness (QED) is 0.330. The minimum atomic E-state index is -0.402. The van der Waals surface area contributed by atoms with Gasteiger partial charge in [0, 0.05) is 23.7 Å². The van der Waals surface area contributed by atoms with Crippen molar-refractivity contribution in [3.8, 4) is 0 Å². The summed E-state index contributed by atoms with van der Waals surface area (Å²) in [6.07, 6.45) is 9.29. The first-order valence-corrected chi connectivity index (χ1v) is 12.0. The van der Waals surface area contributed by atoms with E-state index in [1.54, 1.807) is 0 Å². The Labute approximate surface area is 194 Å². The van der Waals surface area contributed by atoms with Crippen molar-refractivity contribution in [2.45, 2.75) is 23.0 Å². The van der Waals surface area contributed by atoms with Gasteiger partial charge in [-0.1, -0.05) is 121 Å². The first-order valence-electron chi connectivity index (χ1n) is 12.0. The summed E-state index contributed by atoms with van der Waals surface area (Å²) in [6.45, 7) is 0. The molecule has 1 nitrogen and oxygen atoms in total. The van der Waals surface area contributed by atoms with Gasteiger partial charge in [0.25, 0.3) is 0 Å². The van der Waals surface area contributed by atoms with Gasteiger partial charge in [-0.05, 0) is 33.0 Å². The molecule has 2 fully saturated rings. The number of ether oxygens (including phenoxy) is 1. The molecule has 2 aliphatic heterocycles. The third-order valence-electron chi connectivity index (χ3n) is 8.81. The van der Waals surface area contributed by atoms with Crippen LogP contribution in [-0.2, 0) is 15.9 Å². The van der Waals surface area contributed by atoms with Crippen LogP contribution in [0.5, 0.6) is 0 Å². The Balaban J connectivity index is 1.53. The van der Waals surface area contributed by atoms with Crippen molar-refractivity contribution < 1.29 is 4.74 Å². The second-order valence-corrected chi connectivity index (χ2v) is 9.99. The Morgan fingerprint density at radius 1 is 0.515 bits per heavy atom. The van der Waals surface area contributed by atoms with E-state index in [0.717, 1.165) is 0 Å². The fraction of sp³-hybridized carbons (Fsp3) is 0.188. The van der Waals surface area contributed by atoms with Gasteiger partial charge >= 0.3 is 0 Å². The van der Waals surface area contributed by atoms with Crippen molar-refractivity contribution >= 4 is 10.8 Å². The molecule has 1 heteroatoms. The Bertz CT molecular complexity index is 1360. The maximum absolute atomic E-state index is 7.62. The minimum Gasteiger partial charge on any atom is -0.357 e. The van der Waals surface area contributed by atoms with Crippen molar-refractivity contribution in [2.24, 2.45) is 11.8 Å². The van der Waals surface area contributed by atoms with E-state index in [1.165, 1.54) is 33.0 Å². The molecule has 6 unspecified atom stereocenters. The molecule has 2 saturated heterocycles. The van der Waals surface area contributed by atoms with E-state index in [4.69, 9.17) is 4.74 Å². The standard InChI is InChI=1S/C32H24O/c1-3-13-22(14-4-1)31-26-19-7-8-20-27(26)32(33-31,23-15-5-2-6-16-23)30-25-18-10-12-21-11-9-17-24(28(21)25)29(30)31/h1-20,26-27,29-30H. The van der Waals surface area contributed by atoms with Gasteiger partial charge in [-0.3, -0.25) is 0 Å². The summed E-state index contributed by atoms with van der Waals surface area (Å²) in [4.78, 5) is 0. The van der Waals surface area contributed by atoms with E-state index in [-0.39, 0.29) is 23.7 Å². The van der Waals surface area contributed by atoms with Gasteiger partial charge < -0.3 is 4.74 Å². The van der Waals surface area contributed by atoms with E-state index in [1.807, 2.05) is 0 Å². The molecule has 33 heavy (non-hydrogen) atoms. The summed E-state index contributed by atoms with van der Waals surface area (Å²) in [5.74, 6) is 1.13. The lowest BCUT2D eigenvalue weighted by Gasteiger charge is -2.46. The van der Waals surface area contributed by atoms with Crippen molar-refractivity contribution in [1.82, 2.24) is 0 Å². The van der Waals surface area contributed by atoms with Crippen LogP contribution >= 0.6 is 0 Å². The number of hydrogen-bond acceptors (Lipinski definition) is 1. The molecule has 0 spiro atoms. The predicted molar refractivity (Wildman–Crippen MR) is 132 cm³/mol. The van der Waals surface area contributed by atoms with Gasteiger partial charge in [0.1, 0.15) is 11.2 Å². The third-order valence-corrected chi connectivity index (χ3v) is 8.81. The van der Waals surface area contributed by atoms with Crippen molar-refractivity contribution in [2.75, 3.05) is 0 Å². The first kappa shape index (κ1) is 18.1. The molecule has 0 N–H and O–H groups in total. The van der Waals surface area contributed by atoms with Gasteiger partial charge in [-0.2, -0.15) is 0 Å². The van der Waals surface area contributed by atoms with Crippen LogP contribution in [0.15, 0.2) is 121 Å². The molecule has 4 aliphatic rings. The normalized spacial score (nSPS) is 34.5. The molecule has 158 valence electrons. The Hall–Kier alpha value is -3.42. The summed E-state index contributed by atoms with van der Waals surface area (Å²) in [5, 5.41) is 2.80. The zero-order valence-electron chi connectivity index (χ0n) is 18.3. The number of hydrogen-bond donors (Lipinski definition) is 0. The summed E-state index contributed by atoms with van der Waals surface area (Å²) in [7, 11) is 0. The summed E-state index contributed by atoms with van der Waals surface area (Å²) in [5.41, 5.74) is 4.71. The van der Waals surface area contributed by atoms with Crippen LogP contribution in [0.3, 0.4) is 0 Å². The lowest BCUT2D eigenvalue weighted by molar-refractivity contribution is -0.0737. The average molecular weight is 425 g/mol. The van der Waals surface area contributed by atoms with Crippen LogP contribution in [0.25, 0.3) is 10.8 Å². The summed E-state index contributed by atoms with van der Waals surface area (Å²) < 4.78 is 7.62. The molecule has 4 aromatic rings. The van der Waals surface area contributed by atoms with Gasteiger partial charge in [0.15, 0.2) is 0 Å². The number of rotatable bonds is 2. The average Bonchev–Trinajstić information content (AvgIpc) is 3.51. The maximum atomic E-state index is 7.62. The van der Waals surface area contributed by atoms with Crippen LogP contribution in [-0.4, -0.2) is 0 Å². The van der Waals surface area contributed by atoms with Crippen molar-refractivity contribution in [3.63, 3.8) is 0 Å². The molecule has 4 aromatic carbocycles. The highest BCUT2D eigenvalue weighted by atomic mass is 16.5. The SMILES string of the molecule is C1=CC2C(C=C1)C1(c3ccccc3)OC2(c2ccccc2)C2c3cccc4cccc(c34)C21. The molecule has 2 heterocycles. The van der Waals surface area contributed by atoms with E-state index in [0.29, 0.717) is 0 Å². The van der Waals surface area contributed by atoms with Crippen molar-refractivity contribution in [1.29, 1.82) is 0 Å². The molecular formula is C32H24O. The minimum absolute atomic E-state index is 0.276.